The molecule has 6 nitrogen and oxygen atoms in total. The molecule has 0 saturated heterocycles. The molecular weight excluding hydrogens is 353 g/mol. The molecule has 0 fully saturated rings. The lowest BCUT2D eigenvalue weighted by Gasteiger charge is -2.29. The van der Waals surface area contributed by atoms with E-state index in [1.54, 1.807) is 38.4 Å². The zero-order chi connectivity index (χ0) is 16.9. The lowest BCUT2D eigenvalue weighted by molar-refractivity contribution is 0.0602. The average Bonchev–Trinajstić information content (AvgIpc) is 2.45. The van der Waals surface area contributed by atoms with Gasteiger partial charge in [0.1, 0.15) is 6.17 Å². The minimum Gasteiger partial charge on any atom is -0.465 e. The summed E-state index contributed by atoms with van der Waals surface area (Å²) in [5.41, 5.74) is 0.619. The Hall–Kier alpha value is -1.37. The Labute approximate surface area is 143 Å². The summed E-state index contributed by atoms with van der Waals surface area (Å²) in [6, 6.07) is 6.06. The van der Waals surface area contributed by atoms with Gasteiger partial charge >= 0.3 is 12.0 Å². The SMILES string of the molecule is COC(=O)c1ccccc1N[C@H](NC(=O)N(C)C)C(Cl)(Cl)Cl. The van der Waals surface area contributed by atoms with Crippen molar-refractivity contribution >= 4 is 52.5 Å². The highest BCUT2D eigenvalue weighted by atomic mass is 35.6. The summed E-state index contributed by atoms with van der Waals surface area (Å²) in [5.74, 6) is -0.551. The Morgan fingerprint density at radius 2 is 1.82 bits per heavy atom. The van der Waals surface area contributed by atoms with Gasteiger partial charge in [0.2, 0.25) is 3.79 Å². The molecule has 0 aliphatic heterocycles. The van der Waals surface area contributed by atoms with Crippen LogP contribution in [0.1, 0.15) is 10.4 Å². The number of carbonyl (C=O) groups is 2. The van der Waals surface area contributed by atoms with Crippen molar-refractivity contribution < 1.29 is 14.3 Å². The van der Waals surface area contributed by atoms with Crippen molar-refractivity contribution in [2.45, 2.75) is 9.96 Å². The fraction of sp³-hybridized carbons (Fsp3) is 0.385. The van der Waals surface area contributed by atoms with Gasteiger partial charge in [0.15, 0.2) is 0 Å². The van der Waals surface area contributed by atoms with Gasteiger partial charge in [-0.05, 0) is 12.1 Å². The molecule has 9 heteroatoms. The zero-order valence-corrected chi connectivity index (χ0v) is 14.5. The van der Waals surface area contributed by atoms with Crippen LogP contribution >= 0.6 is 34.8 Å². The molecule has 22 heavy (non-hydrogen) atoms. The van der Waals surface area contributed by atoms with Gasteiger partial charge in [0.05, 0.1) is 18.4 Å². The van der Waals surface area contributed by atoms with Crippen molar-refractivity contribution in [2.75, 3.05) is 26.5 Å². The molecule has 0 spiro atoms. The smallest absolute Gasteiger partial charge is 0.339 e. The fourth-order valence-corrected chi connectivity index (χ4v) is 1.83. The van der Waals surface area contributed by atoms with Gasteiger partial charge in [0, 0.05) is 14.1 Å². The standard InChI is InChI=1S/C13H16Cl3N3O3/c1-19(2)12(21)18-11(13(14,15)16)17-9-7-5-4-6-8(9)10(20)22-3/h4-7,11,17H,1-3H3,(H,18,21)/t11-/m1/s1. The predicted octanol–water partition coefficient (Wildman–Crippen LogP) is 2.85. The number of hydrogen-bond acceptors (Lipinski definition) is 4. The minimum atomic E-state index is -1.84. The van der Waals surface area contributed by atoms with E-state index in [1.807, 2.05) is 0 Å². The third-order valence-electron chi connectivity index (χ3n) is 2.63. The highest BCUT2D eigenvalue weighted by Gasteiger charge is 2.35. The molecule has 1 aromatic rings. The first-order chi connectivity index (χ1) is 10.2. The van der Waals surface area contributed by atoms with Crippen molar-refractivity contribution in [1.82, 2.24) is 10.2 Å². The monoisotopic (exact) mass is 367 g/mol. The van der Waals surface area contributed by atoms with Gasteiger partial charge in [-0.1, -0.05) is 46.9 Å². The highest BCUT2D eigenvalue weighted by Crippen LogP contribution is 2.32. The van der Waals surface area contributed by atoms with E-state index < -0.39 is 22.0 Å². The molecule has 1 aromatic carbocycles. The molecule has 0 radical (unpaired) electrons. The third kappa shape index (κ3) is 5.12. The third-order valence-corrected chi connectivity index (χ3v) is 3.29. The number of nitrogens with one attached hydrogen (secondary N) is 2. The number of alkyl halides is 3. The molecule has 0 bridgehead atoms. The van der Waals surface area contributed by atoms with Crippen LogP contribution in [0.15, 0.2) is 24.3 Å². The van der Waals surface area contributed by atoms with Crippen LogP contribution in [0.25, 0.3) is 0 Å². The van der Waals surface area contributed by atoms with Crippen LogP contribution in [0.2, 0.25) is 0 Å². The van der Waals surface area contributed by atoms with Crippen LogP contribution in [-0.2, 0) is 4.74 Å². The van der Waals surface area contributed by atoms with E-state index in [2.05, 4.69) is 15.4 Å². The summed E-state index contributed by atoms with van der Waals surface area (Å²) >= 11 is 17.6. The Bertz CT molecular complexity index is 547. The Morgan fingerprint density at radius 1 is 1.23 bits per heavy atom. The summed E-state index contributed by atoms with van der Waals surface area (Å²) < 4.78 is 2.85. The van der Waals surface area contributed by atoms with E-state index >= 15 is 0 Å². The second kappa shape index (κ2) is 7.76. The number of urea groups is 1. The second-order valence-electron chi connectivity index (χ2n) is 4.50. The molecular formula is C13H16Cl3N3O3. The Kier molecular flexibility index (Phi) is 6.59. The topological polar surface area (TPSA) is 70.7 Å². The van der Waals surface area contributed by atoms with Crippen molar-refractivity contribution in [3.8, 4) is 0 Å². The molecule has 2 amide bonds. The summed E-state index contributed by atoms with van der Waals surface area (Å²) in [7, 11) is 4.36. The number of esters is 1. The maximum atomic E-state index is 11.8. The van der Waals surface area contributed by atoms with Crippen LogP contribution in [0.4, 0.5) is 10.5 Å². The number of hydrogen-bond donors (Lipinski definition) is 2. The molecule has 1 atom stereocenters. The van der Waals surface area contributed by atoms with E-state index in [9.17, 15) is 9.59 Å². The van der Waals surface area contributed by atoms with E-state index in [0.717, 1.165) is 0 Å². The molecule has 1 rings (SSSR count). The first-order valence-corrected chi connectivity index (χ1v) is 7.28. The van der Waals surface area contributed by atoms with Gasteiger partial charge in [-0.25, -0.2) is 9.59 Å². The van der Waals surface area contributed by atoms with Crippen LogP contribution < -0.4 is 10.6 Å². The van der Waals surface area contributed by atoms with E-state index in [4.69, 9.17) is 34.8 Å². The normalized spacial score (nSPS) is 12.3. The molecule has 0 saturated carbocycles. The van der Waals surface area contributed by atoms with Gasteiger partial charge in [0.25, 0.3) is 0 Å². The van der Waals surface area contributed by atoms with Gasteiger partial charge < -0.3 is 20.3 Å². The molecule has 0 aromatic heterocycles. The van der Waals surface area contributed by atoms with Gasteiger partial charge in [-0.2, -0.15) is 0 Å². The summed E-state index contributed by atoms with van der Waals surface area (Å²) in [6.45, 7) is 0. The molecule has 0 heterocycles. The van der Waals surface area contributed by atoms with Crippen LogP contribution in [0, 0.1) is 0 Å². The fourth-order valence-electron chi connectivity index (χ4n) is 1.50. The number of nitrogens with zero attached hydrogens (tertiary/aromatic N) is 1. The van der Waals surface area contributed by atoms with E-state index in [1.165, 1.54) is 12.0 Å². The average molecular weight is 369 g/mol. The lowest BCUT2D eigenvalue weighted by Crippen LogP contribution is -2.52. The maximum Gasteiger partial charge on any atom is 0.339 e. The van der Waals surface area contributed by atoms with Gasteiger partial charge in [-0.3, -0.25) is 0 Å². The lowest BCUT2D eigenvalue weighted by atomic mass is 10.1. The van der Waals surface area contributed by atoms with Crippen molar-refractivity contribution in [3.05, 3.63) is 29.8 Å². The molecule has 0 aliphatic carbocycles. The molecule has 122 valence electrons. The molecule has 0 unspecified atom stereocenters. The number of amides is 2. The summed E-state index contributed by atoms with van der Waals surface area (Å²) in [6.07, 6.45) is -1.06. The van der Waals surface area contributed by atoms with Crippen molar-refractivity contribution in [2.24, 2.45) is 0 Å². The van der Waals surface area contributed by atoms with Crippen LogP contribution in [0.5, 0.6) is 0 Å². The first-order valence-electron chi connectivity index (χ1n) is 6.15. The van der Waals surface area contributed by atoms with E-state index in [0.29, 0.717) is 5.69 Å². The minimum absolute atomic E-state index is 0.253. The maximum absolute atomic E-state index is 11.8. The van der Waals surface area contributed by atoms with E-state index in [-0.39, 0.29) is 5.56 Å². The number of methoxy groups -OCH3 is 1. The number of anilines is 1. The number of para-hydroxylation sites is 1. The van der Waals surface area contributed by atoms with Crippen LogP contribution in [-0.4, -0.2) is 48.1 Å². The van der Waals surface area contributed by atoms with Crippen LogP contribution in [0.3, 0.4) is 0 Å². The second-order valence-corrected chi connectivity index (χ2v) is 6.87. The number of rotatable bonds is 4. The quantitative estimate of drug-likeness (QED) is 0.487. The molecule has 2 N–H and O–H groups in total. The largest absolute Gasteiger partial charge is 0.465 e. The number of halogens is 3. The van der Waals surface area contributed by atoms with Crippen molar-refractivity contribution in [1.29, 1.82) is 0 Å². The number of carbonyl (C=O) groups excluding carboxylic acids is 2. The Morgan fingerprint density at radius 3 is 2.32 bits per heavy atom. The number of ether oxygens (including phenoxy) is 1. The Balaban J connectivity index is 3.05. The highest BCUT2D eigenvalue weighted by molar-refractivity contribution is 6.68. The van der Waals surface area contributed by atoms with Crippen molar-refractivity contribution in [3.63, 3.8) is 0 Å². The first kappa shape index (κ1) is 18.7. The van der Waals surface area contributed by atoms with Gasteiger partial charge in [-0.15, -0.1) is 0 Å². The molecule has 0 aliphatic rings. The number of benzene rings is 1. The summed E-state index contributed by atoms with van der Waals surface area (Å²) in [4.78, 5) is 24.8. The zero-order valence-electron chi connectivity index (χ0n) is 12.2. The predicted molar refractivity (Wildman–Crippen MR) is 87.7 cm³/mol. The summed E-state index contributed by atoms with van der Waals surface area (Å²) in [5, 5.41) is 5.35.